The van der Waals surface area contributed by atoms with Crippen LogP contribution in [-0.2, 0) is 0 Å². The van der Waals surface area contributed by atoms with Crippen LogP contribution in [0.4, 0.5) is 5.69 Å². The molecule has 88 valence electrons. The van der Waals surface area contributed by atoms with Crippen molar-refractivity contribution in [1.82, 2.24) is 5.32 Å². The van der Waals surface area contributed by atoms with Gasteiger partial charge in [0.25, 0.3) is 0 Å². The number of nitrogens with zero attached hydrogens (tertiary/aromatic N) is 1. The normalized spacial score (nSPS) is 20.6. The molecule has 0 spiro atoms. The Morgan fingerprint density at radius 3 is 2.94 bits per heavy atom. The summed E-state index contributed by atoms with van der Waals surface area (Å²) in [4.78, 5) is 2.44. The van der Waals surface area contributed by atoms with Crippen LogP contribution in [-0.4, -0.2) is 25.2 Å². The molecule has 0 aromatic heterocycles. The summed E-state index contributed by atoms with van der Waals surface area (Å²) < 4.78 is 0. The molecular formula is C13H19ClN2. The molecule has 3 heteroatoms. The topological polar surface area (TPSA) is 15.3 Å². The van der Waals surface area contributed by atoms with Gasteiger partial charge in [0.2, 0.25) is 0 Å². The van der Waals surface area contributed by atoms with Crippen molar-refractivity contribution < 1.29 is 0 Å². The van der Waals surface area contributed by atoms with Gasteiger partial charge < -0.3 is 10.2 Å². The zero-order chi connectivity index (χ0) is 11.6. The van der Waals surface area contributed by atoms with Crippen LogP contribution < -0.4 is 10.2 Å². The van der Waals surface area contributed by atoms with Gasteiger partial charge >= 0.3 is 0 Å². The van der Waals surface area contributed by atoms with Gasteiger partial charge in [0.05, 0.1) is 0 Å². The lowest BCUT2D eigenvalue weighted by Gasteiger charge is -2.39. The molecule has 1 saturated heterocycles. The number of hydrogen-bond acceptors (Lipinski definition) is 2. The van der Waals surface area contributed by atoms with E-state index in [0.29, 0.717) is 0 Å². The van der Waals surface area contributed by atoms with E-state index in [-0.39, 0.29) is 5.54 Å². The molecule has 0 saturated carbocycles. The average molecular weight is 239 g/mol. The lowest BCUT2D eigenvalue weighted by Crippen LogP contribution is -2.48. The van der Waals surface area contributed by atoms with E-state index in [4.69, 9.17) is 11.6 Å². The Morgan fingerprint density at radius 2 is 2.19 bits per heavy atom. The number of nitrogens with one attached hydrogen (secondary N) is 1. The predicted octanol–water partition coefficient (Wildman–Crippen LogP) is 2.92. The summed E-state index contributed by atoms with van der Waals surface area (Å²) in [6.07, 6.45) is 1.18. The van der Waals surface area contributed by atoms with Gasteiger partial charge in [0.15, 0.2) is 0 Å². The Bertz CT molecular complexity index is 363. The fourth-order valence-corrected chi connectivity index (χ4v) is 2.46. The third-order valence-electron chi connectivity index (χ3n) is 3.14. The lowest BCUT2D eigenvalue weighted by molar-refractivity contribution is 0.462. The first kappa shape index (κ1) is 11.7. The molecule has 1 N–H and O–H groups in total. The molecule has 0 radical (unpaired) electrons. The Kier molecular flexibility index (Phi) is 3.41. The highest BCUT2D eigenvalue weighted by atomic mass is 35.5. The molecule has 1 aliphatic rings. The molecule has 16 heavy (non-hydrogen) atoms. The summed E-state index contributed by atoms with van der Waals surface area (Å²) >= 11 is 6.06. The van der Waals surface area contributed by atoms with Crippen molar-refractivity contribution in [3.8, 4) is 0 Å². The van der Waals surface area contributed by atoms with E-state index in [9.17, 15) is 0 Å². The Hall–Kier alpha value is -0.730. The van der Waals surface area contributed by atoms with Crippen molar-refractivity contribution in [3.05, 3.63) is 29.3 Å². The molecule has 1 aromatic carbocycles. The van der Waals surface area contributed by atoms with Gasteiger partial charge in [-0.1, -0.05) is 17.7 Å². The van der Waals surface area contributed by atoms with Crippen molar-refractivity contribution in [2.24, 2.45) is 0 Å². The van der Waals surface area contributed by atoms with Crippen LogP contribution in [0, 0.1) is 0 Å². The zero-order valence-corrected chi connectivity index (χ0v) is 10.7. The maximum Gasteiger partial charge on any atom is 0.0470 e. The third-order valence-corrected chi connectivity index (χ3v) is 3.38. The van der Waals surface area contributed by atoms with E-state index in [1.54, 1.807) is 0 Å². The van der Waals surface area contributed by atoms with Crippen molar-refractivity contribution in [1.29, 1.82) is 0 Å². The quantitative estimate of drug-likeness (QED) is 0.810. The van der Waals surface area contributed by atoms with Gasteiger partial charge in [-0.05, 0) is 45.0 Å². The van der Waals surface area contributed by atoms with E-state index in [1.807, 2.05) is 12.1 Å². The molecule has 0 aliphatic carbocycles. The standard InChI is InChI=1S/C13H19ClN2/c1-13(2)10-15-7-4-8-16(13)12-6-3-5-11(14)9-12/h3,5-6,9,15H,4,7-8,10H2,1-2H3. The van der Waals surface area contributed by atoms with Gasteiger partial charge in [-0.3, -0.25) is 0 Å². The molecule has 1 aromatic rings. The van der Waals surface area contributed by atoms with E-state index in [1.165, 1.54) is 12.1 Å². The Labute approximate surface area is 103 Å². The fourth-order valence-electron chi connectivity index (χ4n) is 2.28. The SMILES string of the molecule is CC1(C)CNCCCN1c1cccc(Cl)c1. The second-order valence-corrected chi connectivity index (χ2v) is 5.41. The number of anilines is 1. The molecule has 0 unspecified atom stereocenters. The predicted molar refractivity (Wildman–Crippen MR) is 70.4 cm³/mol. The zero-order valence-electron chi connectivity index (χ0n) is 9.96. The van der Waals surface area contributed by atoms with E-state index >= 15 is 0 Å². The second kappa shape index (κ2) is 4.64. The molecule has 2 rings (SSSR count). The monoisotopic (exact) mass is 238 g/mol. The van der Waals surface area contributed by atoms with Crippen LogP contribution in [0.3, 0.4) is 0 Å². The van der Waals surface area contributed by atoms with Crippen LogP contribution in [0.15, 0.2) is 24.3 Å². The summed E-state index contributed by atoms with van der Waals surface area (Å²) in [6, 6.07) is 8.13. The first-order chi connectivity index (χ1) is 7.59. The van der Waals surface area contributed by atoms with Crippen molar-refractivity contribution in [3.63, 3.8) is 0 Å². The number of benzene rings is 1. The summed E-state index contributed by atoms with van der Waals surface area (Å²) in [5.74, 6) is 0. The van der Waals surface area contributed by atoms with E-state index in [2.05, 4.69) is 36.2 Å². The number of rotatable bonds is 1. The van der Waals surface area contributed by atoms with Crippen molar-refractivity contribution in [2.75, 3.05) is 24.5 Å². The molecule has 0 bridgehead atoms. The minimum absolute atomic E-state index is 0.140. The number of hydrogen-bond donors (Lipinski definition) is 1. The first-order valence-electron chi connectivity index (χ1n) is 5.83. The van der Waals surface area contributed by atoms with Crippen LogP contribution >= 0.6 is 11.6 Å². The minimum Gasteiger partial charge on any atom is -0.365 e. The third kappa shape index (κ3) is 2.50. The highest BCUT2D eigenvalue weighted by Crippen LogP contribution is 2.27. The Morgan fingerprint density at radius 1 is 1.38 bits per heavy atom. The molecule has 1 aliphatic heterocycles. The maximum atomic E-state index is 6.06. The van der Waals surface area contributed by atoms with Gasteiger partial charge in [-0.15, -0.1) is 0 Å². The largest absolute Gasteiger partial charge is 0.365 e. The van der Waals surface area contributed by atoms with Crippen molar-refractivity contribution in [2.45, 2.75) is 25.8 Å². The van der Waals surface area contributed by atoms with Crippen LogP contribution in [0.2, 0.25) is 5.02 Å². The van der Waals surface area contributed by atoms with Crippen LogP contribution in [0.5, 0.6) is 0 Å². The van der Waals surface area contributed by atoms with E-state index < -0.39 is 0 Å². The fraction of sp³-hybridized carbons (Fsp3) is 0.538. The highest BCUT2D eigenvalue weighted by Gasteiger charge is 2.28. The average Bonchev–Trinajstić information content (AvgIpc) is 2.39. The molecule has 1 fully saturated rings. The Balaban J connectivity index is 2.29. The summed E-state index contributed by atoms with van der Waals surface area (Å²) in [6.45, 7) is 7.73. The number of halogens is 1. The van der Waals surface area contributed by atoms with Gasteiger partial charge in [-0.25, -0.2) is 0 Å². The van der Waals surface area contributed by atoms with Crippen LogP contribution in [0.25, 0.3) is 0 Å². The second-order valence-electron chi connectivity index (χ2n) is 4.97. The van der Waals surface area contributed by atoms with Gasteiger partial charge in [-0.2, -0.15) is 0 Å². The van der Waals surface area contributed by atoms with Crippen LogP contribution in [0.1, 0.15) is 20.3 Å². The summed E-state index contributed by atoms with van der Waals surface area (Å²) in [5.41, 5.74) is 1.36. The maximum absolute atomic E-state index is 6.06. The molecule has 1 heterocycles. The molecule has 0 amide bonds. The van der Waals surface area contributed by atoms with E-state index in [0.717, 1.165) is 24.7 Å². The summed E-state index contributed by atoms with van der Waals surface area (Å²) in [5, 5.41) is 4.29. The lowest BCUT2D eigenvalue weighted by atomic mass is 10.0. The van der Waals surface area contributed by atoms with Crippen molar-refractivity contribution >= 4 is 17.3 Å². The molecular weight excluding hydrogens is 220 g/mol. The summed E-state index contributed by atoms with van der Waals surface area (Å²) in [7, 11) is 0. The van der Waals surface area contributed by atoms with Gasteiger partial charge in [0, 0.05) is 29.3 Å². The molecule has 2 nitrogen and oxygen atoms in total. The molecule has 0 atom stereocenters. The van der Waals surface area contributed by atoms with Gasteiger partial charge in [0.1, 0.15) is 0 Å². The minimum atomic E-state index is 0.140. The smallest absolute Gasteiger partial charge is 0.0470 e. The highest BCUT2D eigenvalue weighted by molar-refractivity contribution is 6.30. The first-order valence-corrected chi connectivity index (χ1v) is 6.21.